The van der Waals surface area contributed by atoms with Gasteiger partial charge in [-0.1, -0.05) is 55.5 Å². The maximum Gasteiger partial charge on any atom is 0.255 e. The van der Waals surface area contributed by atoms with E-state index >= 15 is 0 Å². The molecule has 0 spiro atoms. The van der Waals surface area contributed by atoms with Crippen LogP contribution in [-0.2, 0) is 4.79 Å². The van der Waals surface area contributed by atoms with Crippen molar-refractivity contribution >= 4 is 46.5 Å². The van der Waals surface area contributed by atoms with Gasteiger partial charge in [0.05, 0.1) is 23.6 Å². The van der Waals surface area contributed by atoms with Gasteiger partial charge in [-0.05, 0) is 48.9 Å². The zero-order chi connectivity index (χ0) is 28.2. The number of amides is 2. The predicted octanol–water partition coefficient (Wildman–Crippen LogP) is 6.23. The van der Waals surface area contributed by atoms with E-state index in [-0.39, 0.29) is 34.5 Å². The van der Waals surface area contributed by atoms with Crippen LogP contribution in [0.3, 0.4) is 0 Å². The highest BCUT2D eigenvalue weighted by atomic mass is 32.2. The smallest absolute Gasteiger partial charge is 0.255 e. The minimum absolute atomic E-state index is 0.210. The Morgan fingerprint density at radius 2 is 1.50 bits per heavy atom. The molecule has 1 atom stereocenters. The lowest BCUT2D eigenvalue weighted by atomic mass is 9.83. The third-order valence-electron chi connectivity index (χ3n) is 6.58. The van der Waals surface area contributed by atoms with Crippen LogP contribution < -0.4 is 15.4 Å². The number of carbonyl (C=O) groups excluding carboxylic acids is 4. The molecule has 40 heavy (non-hydrogen) atoms. The first-order valence-corrected chi connectivity index (χ1v) is 13.6. The Hall–Kier alpha value is -4.69. The minimum atomic E-state index is -0.484. The number of carbonyl (C=O) groups is 4. The van der Waals surface area contributed by atoms with E-state index in [0.29, 0.717) is 40.2 Å². The van der Waals surface area contributed by atoms with Gasteiger partial charge in [0.1, 0.15) is 5.75 Å². The Balaban J connectivity index is 1.32. The number of anilines is 2. The number of benzene rings is 4. The number of methoxy groups -OCH3 is 1. The molecule has 0 aromatic heterocycles. The molecule has 0 bridgehead atoms. The van der Waals surface area contributed by atoms with Crippen LogP contribution >= 0.6 is 11.8 Å². The summed E-state index contributed by atoms with van der Waals surface area (Å²) in [5.41, 5.74) is 2.55. The number of ether oxygens (including phenoxy) is 1. The molecule has 0 saturated carbocycles. The highest BCUT2D eigenvalue weighted by Crippen LogP contribution is 2.33. The summed E-state index contributed by atoms with van der Waals surface area (Å²) in [5.74, 6) is -0.508. The Bertz CT molecular complexity index is 1650. The summed E-state index contributed by atoms with van der Waals surface area (Å²) in [6, 6.07) is 25.8. The summed E-state index contributed by atoms with van der Waals surface area (Å²) >= 11 is 1.35. The zero-order valence-corrected chi connectivity index (χ0v) is 22.7. The van der Waals surface area contributed by atoms with E-state index < -0.39 is 5.25 Å². The first kappa shape index (κ1) is 26.9. The van der Waals surface area contributed by atoms with Gasteiger partial charge in [-0.2, -0.15) is 0 Å². The normalized spacial score (nSPS) is 12.7. The number of ketones is 2. The third kappa shape index (κ3) is 5.39. The number of thioether (sulfide) groups is 1. The van der Waals surface area contributed by atoms with Crippen molar-refractivity contribution < 1.29 is 23.9 Å². The van der Waals surface area contributed by atoms with E-state index in [0.717, 1.165) is 4.90 Å². The molecule has 4 aromatic carbocycles. The molecule has 2 N–H and O–H groups in total. The number of nitrogens with one attached hydrogen (secondary N) is 2. The number of fused-ring (bicyclic) bond motifs is 2. The molecule has 0 heterocycles. The van der Waals surface area contributed by atoms with Crippen molar-refractivity contribution in [2.75, 3.05) is 17.7 Å². The Morgan fingerprint density at radius 1 is 0.800 bits per heavy atom. The lowest BCUT2D eigenvalue weighted by Crippen LogP contribution is -2.28. The van der Waals surface area contributed by atoms with Crippen LogP contribution in [0.2, 0.25) is 0 Å². The number of hydrogen-bond donors (Lipinski definition) is 2. The van der Waals surface area contributed by atoms with E-state index in [1.807, 2.05) is 25.1 Å². The fraction of sp³-hybridized carbons (Fsp3) is 0.125. The lowest BCUT2D eigenvalue weighted by Gasteiger charge is -2.21. The van der Waals surface area contributed by atoms with Gasteiger partial charge in [0.2, 0.25) is 5.91 Å². The molecule has 2 amide bonds. The number of rotatable bonds is 8. The second-order valence-electron chi connectivity index (χ2n) is 9.15. The standard InChI is InChI=1S/C32H26N2O5S/c1-3-27(40-22-12-7-10-20(18-22)33-31(37)19-9-6-11-21(17-19)39-2)32(38)34-26-16-8-15-25-28(26)30(36)24-14-5-4-13-23(24)29(25)35/h4-18,27H,3H2,1-2H3,(H,33,37)(H,34,38). The van der Waals surface area contributed by atoms with Gasteiger partial charge in [-0.3, -0.25) is 19.2 Å². The topological polar surface area (TPSA) is 102 Å². The maximum atomic E-state index is 13.4. The van der Waals surface area contributed by atoms with Gasteiger partial charge in [0, 0.05) is 32.8 Å². The van der Waals surface area contributed by atoms with Crippen molar-refractivity contribution in [3.63, 3.8) is 0 Å². The van der Waals surface area contributed by atoms with Crippen LogP contribution in [0, 0.1) is 0 Å². The Labute approximate surface area is 235 Å². The maximum absolute atomic E-state index is 13.4. The van der Waals surface area contributed by atoms with Crippen LogP contribution in [-0.4, -0.2) is 35.7 Å². The van der Waals surface area contributed by atoms with E-state index in [2.05, 4.69) is 10.6 Å². The molecule has 4 aromatic rings. The van der Waals surface area contributed by atoms with Crippen LogP contribution in [0.25, 0.3) is 0 Å². The molecule has 1 aliphatic rings. The largest absolute Gasteiger partial charge is 0.497 e. The molecule has 200 valence electrons. The van der Waals surface area contributed by atoms with Gasteiger partial charge in [0.25, 0.3) is 5.91 Å². The fourth-order valence-corrected chi connectivity index (χ4v) is 5.58. The summed E-state index contributed by atoms with van der Waals surface area (Å²) in [5, 5.41) is 5.29. The van der Waals surface area contributed by atoms with Crippen molar-refractivity contribution in [2.24, 2.45) is 0 Å². The van der Waals surface area contributed by atoms with Crippen molar-refractivity contribution in [3.8, 4) is 5.75 Å². The van der Waals surface area contributed by atoms with Crippen LogP contribution in [0.1, 0.15) is 55.5 Å². The van der Waals surface area contributed by atoms with Crippen LogP contribution in [0.15, 0.2) is 95.9 Å². The first-order valence-electron chi connectivity index (χ1n) is 12.7. The van der Waals surface area contributed by atoms with Gasteiger partial charge in [0.15, 0.2) is 11.6 Å². The summed E-state index contributed by atoms with van der Waals surface area (Å²) < 4.78 is 5.20. The highest BCUT2D eigenvalue weighted by molar-refractivity contribution is 8.00. The summed E-state index contributed by atoms with van der Waals surface area (Å²) in [6.07, 6.45) is 0.516. The molecule has 8 heteroatoms. The van der Waals surface area contributed by atoms with Crippen molar-refractivity contribution in [1.29, 1.82) is 0 Å². The predicted molar refractivity (Wildman–Crippen MR) is 156 cm³/mol. The van der Waals surface area contributed by atoms with E-state index in [1.165, 1.54) is 11.8 Å². The summed E-state index contributed by atoms with van der Waals surface area (Å²) in [4.78, 5) is 53.2. The molecular formula is C32H26N2O5S. The quantitative estimate of drug-likeness (QED) is 0.222. The second-order valence-corrected chi connectivity index (χ2v) is 10.4. The summed E-state index contributed by atoms with van der Waals surface area (Å²) in [6.45, 7) is 1.90. The van der Waals surface area contributed by atoms with Gasteiger partial charge in [-0.15, -0.1) is 11.8 Å². The molecule has 7 nitrogen and oxygen atoms in total. The molecule has 0 radical (unpaired) electrons. The highest BCUT2D eigenvalue weighted by Gasteiger charge is 2.32. The average molecular weight is 551 g/mol. The minimum Gasteiger partial charge on any atom is -0.497 e. The Kier molecular flexibility index (Phi) is 7.79. The molecule has 1 aliphatic carbocycles. The van der Waals surface area contributed by atoms with Crippen molar-refractivity contribution in [2.45, 2.75) is 23.5 Å². The van der Waals surface area contributed by atoms with E-state index in [9.17, 15) is 19.2 Å². The molecule has 0 fully saturated rings. The molecule has 0 saturated heterocycles. The first-order chi connectivity index (χ1) is 19.4. The van der Waals surface area contributed by atoms with Crippen molar-refractivity contribution in [1.82, 2.24) is 0 Å². The summed E-state index contributed by atoms with van der Waals surface area (Å²) in [7, 11) is 1.54. The van der Waals surface area contributed by atoms with E-state index in [1.54, 1.807) is 79.9 Å². The monoisotopic (exact) mass is 550 g/mol. The molecule has 0 aliphatic heterocycles. The van der Waals surface area contributed by atoms with E-state index in [4.69, 9.17) is 4.74 Å². The van der Waals surface area contributed by atoms with Crippen molar-refractivity contribution in [3.05, 3.63) is 119 Å². The molecular weight excluding hydrogens is 524 g/mol. The second kappa shape index (κ2) is 11.6. The van der Waals surface area contributed by atoms with Gasteiger partial charge in [-0.25, -0.2) is 0 Å². The number of hydrogen-bond acceptors (Lipinski definition) is 6. The molecule has 1 unspecified atom stereocenters. The fourth-order valence-electron chi connectivity index (χ4n) is 4.56. The average Bonchev–Trinajstić information content (AvgIpc) is 2.98. The molecule has 5 rings (SSSR count). The van der Waals surface area contributed by atoms with Crippen LogP contribution in [0.5, 0.6) is 5.75 Å². The lowest BCUT2D eigenvalue weighted by molar-refractivity contribution is -0.115. The SMILES string of the molecule is CCC(Sc1cccc(NC(=O)c2cccc(OC)c2)c1)C(=O)Nc1cccc2c1C(=O)c1ccccc1C2=O. The van der Waals surface area contributed by atoms with Gasteiger partial charge < -0.3 is 15.4 Å². The van der Waals surface area contributed by atoms with Gasteiger partial charge >= 0.3 is 0 Å². The zero-order valence-electron chi connectivity index (χ0n) is 21.9. The van der Waals surface area contributed by atoms with Crippen LogP contribution in [0.4, 0.5) is 11.4 Å². The third-order valence-corrected chi connectivity index (χ3v) is 7.93. The Morgan fingerprint density at radius 3 is 2.25 bits per heavy atom.